The van der Waals surface area contributed by atoms with Crippen LogP contribution in [-0.4, -0.2) is 39.7 Å². The maximum atomic E-state index is 12.2. The number of carbonyl (C=O) groups is 1. The number of azo groups is 1. The number of hydrogen-bond donors (Lipinski definition) is 3. The number of aromatic amines is 2. The second-order valence-electron chi connectivity index (χ2n) is 7.22. The highest BCUT2D eigenvalue weighted by atomic mass is 16.5. The van der Waals surface area contributed by atoms with Gasteiger partial charge in [-0.2, -0.15) is 0 Å². The van der Waals surface area contributed by atoms with Crippen molar-refractivity contribution in [3.63, 3.8) is 0 Å². The SMILES string of the molecule is COc1cc(-c2nc3ccccc3[nH]2)ccc1OCC(=O)N=Nc1c(O)[nH]c2ccccc12. The molecule has 3 N–H and O–H groups in total. The number of carbonyl (C=O) groups excluding carboxylic acids is 1. The minimum absolute atomic E-state index is 0.156. The molecule has 0 bridgehead atoms. The third-order valence-electron chi connectivity index (χ3n) is 5.10. The first-order chi connectivity index (χ1) is 16.1. The third-order valence-corrected chi connectivity index (χ3v) is 5.10. The van der Waals surface area contributed by atoms with Crippen LogP contribution in [0.1, 0.15) is 0 Å². The molecule has 0 aliphatic carbocycles. The van der Waals surface area contributed by atoms with Crippen LogP contribution in [0.3, 0.4) is 0 Å². The third kappa shape index (κ3) is 3.99. The van der Waals surface area contributed by atoms with Gasteiger partial charge in [0.2, 0.25) is 5.88 Å². The highest BCUT2D eigenvalue weighted by Crippen LogP contribution is 2.35. The fraction of sp³-hybridized carbons (Fsp3) is 0.0833. The van der Waals surface area contributed by atoms with Gasteiger partial charge in [-0.15, -0.1) is 10.2 Å². The molecule has 0 aliphatic heterocycles. The minimum Gasteiger partial charge on any atom is -0.493 e. The molecule has 0 saturated carbocycles. The topological polar surface area (TPSA) is 125 Å². The lowest BCUT2D eigenvalue weighted by atomic mass is 10.2. The molecule has 0 unspecified atom stereocenters. The Hall–Kier alpha value is -4.66. The lowest BCUT2D eigenvalue weighted by molar-refractivity contribution is -0.120. The van der Waals surface area contributed by atoms with E-state index in [1.54, 1.807) is 30.3 Å². The molecule has 3 aromatic carbocycles. The van der Waals surface area contributed by atoms with Crippen LogP contribution in [-0.2, 0) is 4.79 Å². The summed E-state index contributed by atoms with van der Waals surface area (Å²) in [7, 11) is 1.52. The number of para-hydroxylation sites is 3. The van der Waals surface area contributed by atoms with E-state index in [-0.39, 0.29) is 18.2 Å². The fourth-order valence-corrected chi connectivity index (χ4v) is 3.51. The average molecular weight is 441 g/mol. The number of nitrogens with one attached hydrogen (secondary N) is 2. The van der Waals surface area contributed by atoms with E-state index < -0.39 is 5.91 Å². The van der Waals surface area contributed by atoms with Gasteiger partial charge in [0, 0.05) is 10.9 Å². The first-order valence-electron chi connectivity index (χ1n) is 10.1. The van der Waals surface area contributed by atoms with E-state index in [0.29, 0.717) is 28.2 Å². The Labute approximate surface area is 187 Å². The Bertz CT molecular complexity index is 1470. The number of benzene rings is 3. The van der Waals surface area contributed by atoms with Gasteiger partial charge in [-0.3, -0.25) is 4.79 Å². The van der Waals surface area contributed by atoms with Crippen molar-refractivity contribution in [2.45, 2.75) is 0 Å². The summed E-state index contributed by atoms with van der Waals surface area (Å²) in [4.78, 5) is 22.9. The molecule has 0 fully saturated rings. The smallest absolute Gasteiger partial charge is 0.302 e. The summed E-state index contributed by atoms with van der Waals surface area (Å²) in [5.74, 6) is 0.770. The zero-order valence-corrected chi connectivity index (χ0v) is 17.6. The zero-order chi connectivity index (χ0) is 22.8. The van der Waals surface area contributed by atoms with Crippen LogP contribution < -0.4 is 9.47 Å². The first-order valence-corrected chi connectivity index (χ1v) is 10.1. The van der Waals surface area contributed by atoms with E-state index in [0.717, 1.165) is 16.6 Å². The normalized spacial score (nSPS) is 11.4. The molecular weight excluding hydrogens is 422 g/mol. The molecule has 9 heteroatoms. The number of amides is 1. The van der Waals surface area contributed by atoms with Crippen molar-refractivity contribution in [2.75, 3.05) is 13.7 Å². The number of ether oxygens (including phenoxy) is 2. The number of imidazole rings is 1. The zero-order valence-electron chi connectivity index (χ0n) is 17.6. The standard InChI is InChI=1S/C24H19N5O4/c1-32-20-12-14(23-25-17-8-4-5-9-18(17)26-23)10-11-19(20)33-13-21(30)28-29-22-15-6-2-3-7-16(15)27-24(22)31/h2-12,27,31H,13H2,1H3,(H,25,26). The number of methoxy groups -OCH3 is 1. The second-order valence-corrected chi connectivity index (χ2v) is 7.22. The molecule has 0 saturated heterocycles. The molecule has 5 aromatic rings. The predicted molar refractivity (Wildman–Crippen MR) is 123 cm³/mol. The second kappa shape index (κ2) is 8.46. The number of rotatable bonds is 6. The van der Waals surface area contributed by atoms with E-state index in [1.807, 2.05) is 36.4 Å². The van der Waals surface area contributed by atoms with Crippen molar-refractivity contribution < 1.29 is 19.4 Å². The van der Waals surface area contributed by atoms with Crippen molar-refractivity contribution >= 4 is 33.5 Å². The van der Waals surface area contributed by atoms with Crippen molar-refractivity contribution in [1.29, 1.82) is 0 Å². The summed E-state index contributed by atoms with van der Waals surface area (Å²) in [6.45, 7) is -0.340. The fourth-order valence-electron chi connectivity index (χ4n) is 3.51. The van der Waals surface area contributed by atoms with Gasteiger partial charge >= 0.3 is 5.91 Å². The molecule has 0 atom stereocenters. The van der Waals surface area contributed by atoms with E-state index in [1.165, 1.54) is 7.11 Å². The summed E-state index contributed by atoms with van der Waals surface area (Å²) < 4.78 is 11.0. The van der Waals surface area contributed by atoms with Gasteiger partial charge in [-0.25, -0.2) is 4.98 Å². The molecule has 2 heterocycles. The number of aromatic hydroxyl groups is 1. The van der Waals surface area contributed by atoms with Gasteiger partial charge in [0.1, 0.15) is 5.82 Å². The van der Waals surface area contributed by atoms with Crippen molar-refractivity contribution in [2.24, 2.45) is 10.2 Å². The van der Waals surface area contributed by atoms with Crippen molar-refractivity contribution in [3.8, 4) is 28.8 Å². The van der Waals surface area contributed by atoms with E-state index in [4.69, 9.17) is 9.47 Å². The Kier molecular flexibility index (Phi) is 5.19. The van der Waals surface area contributed by atoms with Crippen molar-refractivity contribution in [3.05, 3.63) is 66.7 Å². The van der Waals surface area contributed by atoms with Crippen LogP contribution in [0.5, 0.6) is 17.4 Å². The maximum absolute atomic E-state index is 12.2. The van der Waals surface area contributed by atoms with Crippen LogP contribution in [0.25, 0.3) is 33.3 Å². The van der Waals surface area contributed by atoms with Crippen LogP contribution in [0.15, 0.2) is 77.0 Å². The van der Waals surface area contributed by atoms with Gasteiger partial charge in [-0.05, 0) is 36.4 Å². The summed E-state index contributed by atoms with van der Waals surface area (Å²) >= 11 is 0. The first kappa shape index (κ1) is 20.3. The molecule has 9 nitrogen and oxygen atoms in total. The van der Waals surface area contributed by atoms with Gasteiger partial charge < -0.3 is 24.5 Å². The van der Waals surface area contributed by atoms with Gasteiger partial charge in [0.05, 0.1) is 23.7 Å². The van der Waals surface area contributed by atoms with Crippen LogP contribution >= 0.6 is 0 Å². The highest BCUT2D eigenvalue weighted by molar-refractivity contribution is 5.94. The molecule has 164 valence electrons. The van der Waals surface area contributed by atoms with E-state index >= 15 is 0 Å². The van der Waals surface area contributed by atoms with E-state index in [9.17, 15) is 9.90 Å². The number of fused-ring (bicyclic) bond motifs is 2. The molecular formula is C24H19N5O4. The lowest BCUT2D eigenvalue weighted by Gasteiger charge is -2.10. The quantitative estimate of drug-likeness (QED) is 0.316. The van der Waals surface area contributed by atoms with Crippen molar-refractivity contribution in [1.82, 2.24) is 15.0 Å². The largest absolute Gasteiger partial charge is 0.493 e. The van der Waals surface area contributed by atoms with E-state index in [2.05, 4.69) is 25.2 Å². The minimum atomic E-state index is -0.608. The summed E-state index contributed by atoms with van der Waals surface area (Å²) in [6, 6.07) is 20.3. The Morgan fingerprint density at radius 1 is 1.00 bits per heavy atom. The number of nitrogens with zero attached hydrogens (tertiary/aromatic N) is 3. The Morgan fingerprint density at radius 2 is 1.79 bits per heavy atom. The summed E-state index contributed by atoms with van der Waals surface area (Å²) in [5.41, 5.74) is 3.51. The van der Waals surface area contributed by atoms with Crippen LogP contribution in [0, 0.1) is 0 Å². The molecule has 5 rings (SSSR count). The maximum Gasteiger partial charge on any atom is 0.302 e. The number of hydrogen-bond acceptors (Lipinski definition) is 6. The molecule has 0 radical (unpaired) electrons. The molecule has 2 aromatic heterocycles. The number of H-pyrrole nitrogens is 2. The Morgan fingerprint density at radius 3 is 2.61 bits per heavy atom. The molecule has 1 amide bonds. The average Bonchev–Trinajstić information content (AvgIpc) is 3.41. The van der Waals surface area contributed by atoms with Crippen LogP contribution in [0.2, 0.25) is 0 Å². The number of aromatic nitrogens is 3. The summed E-state index contributed by atoms with van der Waals surface area (Å²) in [5, 5.41) is 18.2. The molecule has 33 heavy (non-hydrogen) atoms. The molecule has 0 aliphatic rings. The predicted octanol–water partition coefficient (Wildman–Crippen LogP) is 5.11. The lowest BCUT2D eigenvalue weighted by Crippen LogP contribution is -2.08. The molecule has 0 spiro atoms. The van der Waals surface area contributed by atoms with Gasteiger partial charge in [-0.1, -0.05) is 30.3 Å². The monoisotopic (exact) mass is 441 g/mol. The Balaban J connectivity index is 1.30. The van der Waals surface area contributed by atoms with Gasteiger partial charge in [0.25, 0.3) is 0 Å². The van der Waals surface area contributed by atoms with Crippen LogP contribution in [0.4, 0.5) is 5.69 Å². The van der Waals surface area contributed by atoms with Gasteiger partial charge in [0.15, 0.2) is 23.8 Å². The summed E-state index contributed by atoms with van der Waals surface area (Å²) in [6.07, 6.45) is 0. The highest BCUT2D eigenvalue weighted by Gasteiger charge is 2.13.